The SMILES string of the molecule is CC(C)n1nnc(CC(N)=O)c1C1CCOC1. The second-order valence-corrected chi connectivity index (χ2v) is 4.66. The molecular formula is C11H18N4O2. The maximum atomic E-state index is 11.0. The van der Waals surface area contributed by atoms with Crippen molar-refractivity contribution in [3.8, 4) is 0 Å². The second-order valence-electron chi connectivity index (χ2n) is 4.66. The molecule has 17 heavy (non-hydrogen) atoms. The molecule has 0 saturated carbocycles. The average molecular weight is 238 g/mol. The molecule has 1 aromatic rings. The minimum atomic E-state index is -0.374. The molecule has 2 rings (SSSR count). The van der Waals surface area contributed by atoms with Gasteiger partial charge in [-0.3, -0.25) is 4.79 Å². The van der Waals surface area contributed by atoms with Gasteiger partial charge in [0.15, 0.2) is 0 Å². The predicted molar refractivity (Wildman–Crippen MR) is 61.5 cm³/mol. The minimum Gasteiger partial charge on any atom is -0.381 e. The van der Waals surface area contributed by atoms with Crippen LogP contribution >= 0.6 is 0 Å². The third kappa shape index (κ3) is 2.46. The highest BCUT2D eigenvalue weighted by atomic mass is 16.5. The molecule has 1 aliphatic heterocycles. The molecule has 2 heterocycles. The molecule has 0 radical (unpaired) electrons. The maximum absolute atomic E-state index is 11.0. The lowest BCUT2D eigenvalue weighted by molar-refractivity contribution is -0.117. The van der Waals surface area contributed by atoms with E-state index in [0.717, 1.165) is 18.7 Å². The van der Waals surface area contributed by atoms with Crippen LogP contribution in [-0.4, -0.2) is 34.1 Å². The van der Waals surface area contributed by atoms with Crippen LogP contribution in [0.4, 0.5) is 0 Å². The summed E-state index contributed by atoms with van der Waals surface area (Å²) in [6.45, 7) is 5.51. The summed E-state index contributed by atoms with van der Waals surface area (Å²) in [6.07, 6.45) is 1.10. The van der Waals surface area contributed by atoms with Gasteiger partial charge in [0.05, 0.1) is 24.4 Å². The Morgan fingerprint density at radius 2 is 2.41 bits per heavy atom. The van der Waals surface area contributed by atoms with Gasteiger partial charge < -0.3 is 10.5 Å². The van der Waals surface area contributed by atoms with Crippen molar-refractivity contribution in [3.05, 3.63) is 11.4 Å². The molecule has 1 saturated heterocycles. The normalized spacial score (nSPS) is 20.1. The third-order valence-corrected chi connectivity index (χ3v) is 2.95. The van der Waals surface area contributed by atoms with Crippen LogP contribution < -0.4 is 5.73 Å². The Bertz CT molecular complexity index is 408. The lowest BCUT2D eigenvalue weighted by Crippen LogP contribution is -2.18. The van der Waals surface area contributed by atoms with E-state index in [0.29, 0.717) is 12.3 Å². The van der Waals surface area contributed by atoms with E-state index in [1.165, 1.54) is 0 Å². The van der Waals surface area contributed by atoms with E-state index in [1.807, 2.05) is 18.5 Å². The van der Waals surface area contributed by atoms with Crippen LogP contribution in [0.3, 0.4) is 0 Å². The summed E-state index contributed by atoms with van der Waals surface area (Å²) in [5.41, 5.74) is 6.94. The molecule has 1 aromatic heterocycles. The Morgan fingerprint density at radius 3 is 2.94 bits per heavy atom. The van der Waals surface area contributed by atoms with Gasteiger partial charge in [0.25, 0.3) is 0 Å². The Balaban J connectivity index is 2.35. The van der Waals surface area contributed by atoms with E-state index >= 15 is 0 Å². The molecule has 1 amide bonds. The first-order valence-electron chi connectivity index (χ1n) is 5.89. The molecule has 0 bridgehead atoms. The molecular weight excluding hydrogens is 220 g/mol. The molecule has 1 aliphatic rings. The highest BCUT2D eigenvalue weighted by Crippen LogP contribution is 2.28. The fourth-order valence-corrected chi connectivity index (χ4v) is 2.18. The summed E-state index contributed by atoms with van der Waals surface area (Å²) in [4.78, 5) is 11.0. The molecule has 94 valence electrons. The summed E-state index contributed by atoms with van der Waals surface area (Å²) in [5.74, 6) is -0.0947. The average Bonchev–Trinajstić information content (AvgIpc) is 2.83. The molecule has 0 aliphatic carbocycles. The molecule has 0 aromatic carbocycles. The van der Waals surface area contributed by atoms with Crippen molar-refractivity contribution in [2.24, 2.45) is 5.73 Å². The lowest BCUT2D eigenvalue weighted by atomic mass is 10.0. The van der Waals surface area contributed by atoms with Crippen LogP contribution in [-0.2, 0) is 16.0 Å². The molecule has 6 nitrogen and oxygen atoms in total. The largest absolute Gasteiger partial charge is 0.381 e. The Morgan fingerprint density at radius 1 is 1.65 bits per heavy atom. The molecule has 1 fully saturated rings. The van der Waals surface area contributed by atoms with Crippen molar-refractivity contribution in [3.63, 3.8) is 0 Å². The van der Waals surface area contributed by atoms with Crippen molar-refractivity contribution >= 4 is 5.91 Å². The van der Waals surface area contributed by atoms with Crippen LogP contribution in [0.2, 0.25) is 0 Å². The zero-order chi connectivity index (χ0) is 12.4. The molecule has 0 spiro atoms. The fourth-order valence-electron chi connectivity index (χ4n) is 2.18. The van der Waals surface area contributed by atoms with Crippen molar-refractivity contribution in [2.45, 2.75) is 38.6 Å². The lowest BCUT2D eigenvalue weighted by Gasteiger charge is -2.14. The van der Waals surface area contributed by atoms with E-state index in [-0.39, 0.29) is 24.3 Å². The van der Waals surface area contributed by atoms with Crippen LogP contribution in [0.1, 0.15) is 43.6 Å². The van der Waals surface area contributed by atoms with Gasteiger partial charge in [0.1, 0.15) is 0 Å². The number of hydrogen-bond donors (Lipinski definition) is 1. The Kier molecular flexibility index (Phi) is 3.42. The summed E-state index contributed by atoms with van der Waals surface area (Å²) in [7, 11) is 0. The van der Waals surface area contributed by atoms with Crippen LogP contribution in [0, 0.1) is 0 Å². The topological polar surface area (TPSA) is 83.0 Å². The zero-order valence-corrected chi connectivity index (χ0v) is 10.2. The number of aromatic nitrogens is 3. The number of primary amides is 1. The quantitative estimate of drug-likeness (QED) is 0.822. The van der Waals surface area contributed by atoms with Gasteiger partial charge in [0.2, 0.25) is 5.91 Å². The number of ether oxygens (including phenoxy) is 1. The van der Waals surface area contributed by atoms with Crippen LogP contribution in [0.25, 0.3) is 0 Å². The molecule has 1 atom stereocenters. The van der Waals surface area contributed by atoms with E-state index in [9.17, 15) is 4.79 Å². The first kappa shape index (κ1) is 12.0. The van der Waals surface area contributed by atoms with Gasteiger partial charge in [-0.05, 0) is 20.3 Å². The highest BCUT2D eigenvalue weighted by Gasteiger charge is 2.27. The molecule has 1 unspecified atom stereocenters. The number of nitrogens with zero attached hydrogens (tertiary/aromatic N) is 3. The number of carbonyl (C=O) groups excluding carboxylic acids is 1. The summed E-state index contributed by atoms with van der Waals surface area (Å²) in [5, 5.41) is 8.20. The Labute approximate surface area is 100 Å². The highest BCUT2D eigenvalue weighted by molar-refractivity contribution is 5.76. The smallest absolute Gasteiger partial charge is 0.223 e. The Hall–Kier alpha value is -1.43. The van der Waals surface area contributed by atoms with E-state index in [1.54, 1.807) is 0 Å². The standard InChI is InChI=1S/C11H18N4O2/c1-7(2)15-11(8-3-4-17-6-8)9(13-14-15)5-10(12)16/h7-8H,3-6H2,1-2H3,(H2,12,16). The fraction of sp³-hybridized carbons (Fsp3) is 0.727. The van der Waals surface area contributed by atoms with Crippen molar-refractivity contribution in [1.82, 2.24) is 15.0 Å². The van der Waals surface area contributed by atoms with Gasteiger partial charge in [-0.15, -0.1) is 5.10 Å². The number of amides is 1. The van der Waals surface area contributed by atoms with E-state index in [2.05, 4.69) is 10.3 Å². The zero-order valence-electron chi connectivity index (χ0n) is 10.2. The van der Waals surface area contributed by atoms with Gasteiger partial charge in [0, 0.05) is 18.6 Å². The molecule has 2 N–H and O–H groups in total. The van der Waals surface area contributed by atoms with Gasteiger partial charge in [-0.2, -0.15) is 0 Å². The van der Waals surface area contributed by atoms with Crippen LogP contribution in [0.5, 0.6) is 0 Å². The minimum absolute atomic E-state index is 0.151. The van der Waals surface area contributed by atoms with Crippen LogP contribution in [0.15, 0.2) is 0 Å². The van der Waals surface area contributed by atoms with Crippen molar-refractivity contribution in [2.75, 3.05) is 13.2 Å². The third-order valence-electron chi connectivity index (χ3n) is 2.95. The number of carbonyl (C=O) groups is 1. The van der Waals surface area contributed by atoms with Crippen molar-refractivity contribution in [1.29, 1.82) is 0 Å². The first-order valence-corrected chi connectivity index (χ1v) is 5.89. The number of hydrogen-bond acceptors (Lipinski definition) is 4. The first-order chi connectivity index (χ1) is 8.09. The number of rotatable bonds is 4. The summed E-state index contributed by atoms with van der Waals surface area (Å²) >= 11 is 0. The monoisotopic (exact) mass is 238 g/mol. The van der Waals surface area contributed by atoms with Gasteiger partial charge in [-0.25, -0.2) is 4.68 Å². The van der Waals surface area contributed by atoms with Gasteiger partial charge >= 0.3 is 0 Å². The van der Waals surface area contributed by atoms with E-state index < -0.39 is 0 Å². The maximum Gasteiger partial charge on any atom is 0.223 e. The van der Waals surface area contributed by atoms with E-state index in [4.69, 9.17) is 10.5 Å². The summed E-state index contributed by atoms with van der Waals surface area (Å²) in [6, 6.07) is 0.222. The summed E-state index contributed by atoms with van der Waals surface area (Å²) < 4.78 is 7.26. The second kappa shape index (κ2) is 4.83. The van der Waals surface area contributed by atoms with Gasteiger partial charge in [-0.1, -0.05) is 5.21 Å². The predicted octanol–water partition coefficient (Wildman–Crippen LogP) is 0.391. The molecule has 6 heteroatoms. The van der Waals surface area contributed by atoms with Crippen molar-refractivity contribution < 1.29 is 9.53 Å². The number of nitrogens with two attached hydrogens (primary N) is 1.